The summed E-state index contributed by atoms with van der Waals surface area (Å²) in [5, 5.41) is -0.328. The molecular weight excluding hydrogens is 292 g/mol. The summed E-state index contributed by atoms with van der Waals surface area (Å²) < 4.78 is 24.8. The first kappa shape index (κ1) is 14.0. The summed E-state index contributed by atoms with van der Waals surface area (Å²) in [6.07, 6.45) is 4.38. The number of rotatable bonds is 4. The summed E-state index contributed by atoms with van der Waals surface area (Å²) in [5.74, 6) is -0.716. The van der Waals surface area contributed by atoms with Crippen LogP contribution < -0.4 is 0 Å². The Balaban J connectivity index is 2.05. The van der Waals surface area contributed by atoms with Gasteiger partial charge in [0, 0.05) is 0 Å². The maximum Gasteiger partial charge on any atom is 0.187 e. The number of thiophene rings is 1. The fraction of sp³-hybridized carbons (Fsp3) is 0.583. The second-order valence-electron chi connectivity index (χ2n) is 4.59. The molecule has 0 atom stereocenters. The van der Waals surface area contributed by atoms with Crippen LogP contribution in [0.4, 0.5) is 0 Å². The Morgan fingerprint density at radius 2 is 1.94 bits per heavy atom. The first-order valence-corrected chi connectivity index (χ1v) is 8.90. The van der Waals surface area contributed by atoms with Gasteiger partial charge >= 0.3 is 0 Å². The molecule has 0 spiro atoms. The van der Waals surface area contributed by atoms with E-state index >= 15 is 0 Å². The van der Waals surface area contributed by atoms with Crippen LogP contribution in [0.5, 0.6) is 0 Å². The second kappa shape index (κ2) is 5.72. The minimum absolute atomic E-state index is 0.328. The minimum atomic E-state index is -3.31. The van der Waals surface area contributed by atoms with Gasteiger partial charge in [0.2, 0.25) is 0 Å². The Bertz CT molecular complexity index is 527. The van der Waals surface area contributed by atoms with Gasteiger partial charge in [-0.3, -0.25) is 4.79 Å². The molecule has 3 nitrogen and oxygen atoms in total. The van der Waals surface area contributed by atoms with Crippen molar-refractivity contribution in [3.63, 3.8) is 0 Å². The molecule has 2 rings (SSSR count). The third kappa shape index (κ3) is 3.33. The Hall–Kier alpha value is -0.390. The third-order valence-corrected chi connectivity index (χ3v) is 6.66. The van der Waals surface area contributed by atoms with Gasteiger partial charge in [-0.2, -0.15) is 0 Å². The Labute approximate surface area is 116 Å². The topological polar surface area (TPSA) is 51.2 Å². The Morgan fingerprint density at radius 1 is 1.28 bits per heavy atom. The van der Waals surface area contributed by atoms with Gasteiger partial charge in [0.25, 0.3) is 0 Å². The van der Waals surface area contributed by atoms with Crippen LogP contribution >= 0.6 is 22.9 Å². The molecule has 18 heavy (non-hydrogen) atoms. The zero-order valence-electron chi connectivity index (χ0n) is 9.89. The number of hydrogen-bond acceptors (Lipinski definition) is 4. The molecule has 0 aliphatic heterocycles. The fourth-order valence-electron chi connectivity index (χ4n) is 2.26. The zero-order valence-corrected chi connectivity index (χ0v) is 12.3. The largest absolute Gasteiger partial charge is 0.292 e. The Kier molecular flexibility index (Phi) is 4.45. The quantitative estimate of drug-likeness (QED) is 0.802. The zero-order chi connectivity index (χ0) is 13.2. The lowest BCUT2D eigenvalue weighted by Gasteiger charge is -2.21. The average Bonchev–Trinajstić information content (AvgIpc) is 2.77. The molecule has 0 aromatic carbocycles. The third-order valence-electron chi connectivity index (χ3n) is 3.24. The lowest BCUT2D eigenvalue weighted by molar-refractivity contribution is 0.102. The molecule has 100 valence electrons. The first-order valence-electron chi connectivity index (χ1n) is 5.99. The monoisotopic (exact) mass is 306 g/mol. The molecule has 0 amide bonds. The van der Waals surface area contributed by atoms with Gasteiger partial charge in [-0.15, -0.1) is 11.3 Å². The van der Waals surface area contributed by atoms with Crippen molar-refractivity contribution in [3.8, 4) is 0 Å². The van der Waals surface area contributed by atoms with Crippen molar-refractivity contribution in [2.24, 2.45) is 0 Å². The fourth-order valence-corrected chi connectivity index (χ4v) is 5.14. The van der Waals surface area contributed by atoms with E-state index in [1.807, 2.05) is 0 Å². The number of sulfone groups is 1. The molecule has 6 heteroatoms. The predicted molar refractivity (Wildman–Crippen MR) is 74.3 cm³/mol. The standard InChI is InChI=1S/C12H15ClO3S2/c13-12-7-6-11(17-12)10(14)8-18(15,16)9-4-2-1-3-5-9/h6-7,9H,1-5,8H2. The summed E-state index contributed by atoms with van der Waals surface area (Å²) in [7, 11) is -3.31. The lowest BCUT2D eigenvalue weighted by Crippen LogP contribution is -2.29. The lowest BCUT2D eigenvalue weighted by atomic mass is 10.0. The summed E-state index contributed by atoms with van der Waals surface area (Å²) in [5.41, 5.74) is 0. The molecule has 0 radical (unpaired) electrons. The second-order valence-corrected chi connectivity index (χ2v) is 8.59. The van der Waals surface area contributed by atoms with Crippen molar-refractivity contribution in [3.05, 3.63) is 21.3 Å². The van der Waals surface area contributed by atoms with Gasteiger partial charge < -0.3 is 0 Å². The van der Waals surface area contributed by atoms with Crippen LogP contribution in [-0.2, 0) is 9.84 Å². The van der Waals surface area contributed by atoms with Crippen LogP contribution in [0.1, 0.15) is 41.8 Å². The van der Waals surface area contributed by atoms with Gasteiger partial charge in [0.1, 0.15) is 5.75 Å². The number of ketones is 1. The predicted octanol–water partition coefficient (Wildman–Crippen LogP) is 3.33. The molecule has 0 unspecified atom stereocenters. The van der Waals surface area contributed by atoms with E-state index in [1.165, 1.54) is 0 Å². The maximum atomic E-state index is 12.1. The van der Waals surface area contributed by atoms with Crippen LogP contribution in [0.2, 0.25) is 4.34 Å². The van der Waals surface area contributed by atoms with Crippen LogP contribution in [0.25, 0.3) is 0 Å². The number of carbonyl (C=O) groups excluding carboxylic acids is 1. The highest BCUT2D eigenvalue weighted by molar-refractivity contribution is 7.92. The van der Waals surface area contributed by atoms with Crippen molar-refractivity contribution in [2.75, 3.05) is 5.75 Å². The SMILES string of the molecule is O=C(CS(=O)(=O)C1CCCCC1)c1ccc(Cl)s1. The van der Waals surface area contributed by atoms with Crippen molar-refractivity contribution in [1.82, 2.24) is 0 Å². The number of halogens is 1. The van der Waals surface area contributed by atoms with E-state index in [-0.39, 0.29) is 16.8 Å². The summed E-state index contributed by atoms with van der Waals surface area (Å²) in [6.45, 7) is 0. The maximum absolute atomic E-state index is 12.1. The molecule has 1 heterocycles. The summed E-state index contributed by atoms with van der Waals surface area (Å²) in [4.78, 5) is 12.3. The van der Waals surface area contributed by atoms with Crippen LogP contribution in [0.15, 0.2) is 12.1 Å². The number of hydrogen-bond donors (Lipinski definition) is 0. The van der Waals surface area contributed by atoms with E-state index in [4.69, 9.17) is 11.6 Å². The van der Waals surface area contributed by atoms with E-state index in [1.54, 1.807) is 12.1 Å². The molecule has 1 aliphatic rings. The molecule has 1 fully saturated rings. The molecule has 1 aromatic rings. The number of Topliss-reactive ketones (excluding diaryl/α,β-unsaturated/α-hetero) is 1. The van der Waals surface area contributed by atoms with Crippen molar-refractivity contribution in [2.45, 2.75) is 37.4 Å². The van der Waals surface area contributed by atoms with E-state index in [0.29, 0.717) is 22.1 Å². The van der Waals surface area contributed by atoms with Crippen molar-refractivity contribution in [1.29, 1.82) is 0 Å². The minimum Gasteiger partial charge on any atom is -0.292 e. The molecule has 1 aliphatic carbocycles. The molecule has 0 bridgehead atoms. The van der Waals surface area contributed by atoms with E-state index < -0.39 is 9.84 Å². The van der Waals surface area contributed by atoms with Gasteiger partial charge in [0.05, 0.1) is 14.5 Å². The summed E-state index contributed by atoms with van der Waals surface area (Å²) in [6, 6.07) is 3.21. The van der Waals surface area contributed by atoms with Gasteiger partial charge in [-0.25, -0.2) is 8.42 Å². The Morgan fingerprint density at radius 3 is 2.50 bits per heavy atom. The van der Waals surface area contributed by atoms with Crippen LogP contribution in [-0.4, -0.2) is 25.2 Å². The van der Waals surface area contributed by atoms with Crippen LogP contribution in [0, 0.1) is 0 Å². The highest BCUT2D eigenvalue weighted by Gasteiger charge is 2.29. The molecule has 0 N–H and O–H groups in total. The van der Waals surface area contributed by atoms with Crippen molar-refractivity contribution >= 4 is 38.6 Å². The summed E-state index contributed by atoms with van der Waals surface area (Å²) >= 11 is 6.88. The number of carbonyl (C=O) groups is 1. The van der Waals surface area contributed by atoms with E-state index in [0.717, 1.165) is 30.6 Å². The normalized spacial score (nSPS) is 17.8. The molecule has 0 saturated heterocycles. The first-order chi connectivity index (χ1) is 8.49. The molecular formula is C12H15ClO3S2. The van der Waals surface area contributed by atoms with Gasteiger partial charge in [0.15, 0.2) is 15.6 Å². The van der Waals surface area contributed by atoms with Crippen molar-refractivity contribution < 1.29 is 13.2 Å². The van der Waals surface area contributed by atoms with E-state index in [9.17, 15) is 13.2 Å². The van der Waals surface area contributed by atoms with Crippen LogP contribution in [0.3, 0.4) is 0 Å². The smallest absolute Gasteiger partial charge is 0.187 e. The van der Waals surface area contributed by atoms with Gasteiger partial charge in [-0.1, -0.05) is 30.9 Å². The van der Waals surface area contributed by atoms with Gasteiger partial charge in [-0.05, 0) is 25.0 Å². The average molecular weight is 307 g/mol. The molecule has 1 saturated carbocycles. The highest BCUT2D eigenvalue weighted by atomic mass is 35.5. The highest BCUT2D eigenvalue weighted by Crippen LogP contribution is 2.26. The molecule has 1 aromatic heterocycles. The van der Waals surface area contributed by atoms with E-state index in [2.05, 4.69) is 0 Å².